The highest BCUT2D eigenvalue weighted by Gasteiger charge is 2.22. The number of nitrogens with zero attached hydrogens (tertiary/aromatic N) is 2. The van der Waals surface area contributed by atoms with Gasteiger partial charge >= 0.3 is 6.03 Å². The van der Waals surface area contributed by atoms with Crippen LogP contribution in [0.25, 0.3) is 0 Å². The van der Waals surface area contributed by atoms with Gasteiger partial charge in [-0.3, -0.25) is 0 Å². The molecular weight excluding hydrogens is 324 g/mol. The molecule has 0 saturated carbocycles. The van der Waals surface area contributed by atoms with Crippen LogP contribution in [0.4, 0.5) is 19.3 Å². The smallest absolute Gasteiger partial charge is 0.317 e. The molecule has 1 aliphatic heterocycles. The van der Waals surface area contributed by atoms with E-state index < -0.39 is 17.7 Å². The van der Waals surface area contributed by atoms with E-state index in [9.17, 15) is 13.6 Å². The van der Waals surface area contributed by atoms with E-state index in [1.54, 1.807) is 11.8 Å². The van der Waals surface area contributed by atoms with E-state index >= 15 is 0 Å². The van der Waals surface area contributed by atoms with Crippen molar-refractivity contribution in [2.75, 3.05) is 31.1 Å². The topological polar surface area (TPSA) is 35.6 Å². The number of hydrogen-bond donors (Lipinski definition) is 1. The standard InChI is InChI=1S/C19H21F2N3O/c1-14(15-7-8-17(20)18(21)13-15)22-19(25)24-11-9-23(10-12-24)16-5-3-2-4-6-16/h2-8,13-14H,9-12H2,1H3,(H,22,25)/t14-/m1/s1. The average molecular weight is 345 g/mol. The van der Waals surface area contributed by atoms with Crippen LogP contribution in [0.1, 0.15) is 18.5 Å². The van der Waals surface area contributed by atoms with E-state index in [0.717, 1.165) is 30.9 Å². The molecule has 1 heterocycles. The van der Waals surface area contributed by atoms with Crippen molar-refractivity contribution in [1.82, 2.24) is 10.2 Å². The number of urea groups is 1. The Morgan fingerprint density at radius 3 is 2.32 bits per heavy atom. The maximum atomic E-state index is 13.3. The lowest BCUT2D eigenvalue weighted by Gasteiger charge is -2.36. The van der Waals surface area contributed by atoms with Gasteiger partial charge in [-0.25, -0.2) is 13.6 Å². The lowest BCUT2D eigenvalue weighted by molar-refractivity contribution is 0.191. The fourth-order valence-electron chi connectivity index (χ4n) is 2.95. The molecule has 1 atom stereocenters. The lowest BCUT2D eigenvalue weighted by Crippen LogP contribution is -2.52. The molecule has 1 saturated heterocycles. The largest absolute Gasteiger partial charge is 0.368 e. The van der Waals surface area contributed by atoms with Crippen molar-refractivity contribution >= 4 is 11.7 Å². The number of carbonyl (C=O) groups is 1. The molecule has 4 nitrogen and oxygen atoms in total. The monoisotopic (exact) mass is 345 g/mol. The van der Waals surface area contributed by atoms with Crippen molar-refractivity contribution in [3.63, 3.8) is 0 Å². The molecule has 3 rings (SSSR count). The second-order valence-electron chi connectivity index (χ2n) is 6.15. The summed E-state index contributed by atoms with van der Waals surface area (Å²) in [4.78, 5) is 16.4. The number of hydrogen-bond acceptors (Lipinski definition) is 2. The predicted octanol–water partition coefficient (Wildman–Crippen LogP) is 3.56. The summed E-state index contributed by atoms with van der Waals surface area (Å²) >= 11 is 0. The fourth-order valence-corrected chi connectivity index (χ4v) is 2.95. The first kappa shape index (κ1) is 17.2. The number of amides is 2. The van der Waals surface area contributed by atoms with Crippen LogP contribution in [0.3, 0.4) is 0 Å². The van der Waals surface area contributed by atoms with Gasteiger partial charge in [-0.15, -0.1) is 0 Å². The second kappa shape index (κ2) is 7.51. The van der Waals surface area contributed by atoms with E-state index in [0.29, 0.717) is 18.7 Å². The number of piperazine rings is 1. The number of anilines is 1. The number of rotatable bonds is 3. The van der Waals surface area contributed by atoms with Gasteiger partial charge in [0, 0.05) is 31.9 Å². The molecule has 132 valence electrons. The maximum absolute atomic E-state index is 13.3. The normalized spacial score (nSPS) is 15.8. The number of halogens is 2. The Balaban J connectivity index is 1.55. The van der Waals surface area contributed by atoms with Gasteiger partial charge in [0.25, 0.3) is 0 Å². The molecule has 1 fully saturated rings. The van der Waals surface area contributed by atoms with Gasteiger partial charge in [0.15, 0.2) is 11.6 Å². The van der Waals surface area contributed by atoms with E-state index in [-0.39, 0.29) is 6.03 Å². The number of para-hydroxylation sites is 1. The third-order valence-corrected chi connectivity index (χ3v) is 4.47. The molecule has 2 aromatic rings. The highest BCUT2D eigenvalue weighted by Crippen LogP contribution is 2.18. The molecule has 0 aliphatic carbocycles. The van der Waals surface area contributed by atoms with Crippen LogP contribution in [0, 0.1) is 11.6 Å². The van der Waals surface area contributed by atoms with Gasteiger partial charge in [-0.1, -0.05) is 24.3 Å². The van der Waals surface area contributed by atoms with E-state index in [1.165, 1.54) is 6.07 Å². The summed E-state index contributed by atoms with van der Waals surface area (Å²) in [6, 6.07) is 13.2. The molecule has 1 aliphatic rings. The molecule has 0 unspecified atom stereocenters. The zero-order chi connectivity index (χ0) is 17.8. The Kier molecular flexibility index (Phi) is 5.16. The van der Waals surface area contributed by atoms with Crippen LogP contribution >= 0.6 is 0 Å². The van der Waals surface area contributed by atoms with Crippen LogP contribution in [-0.4, -0.2) is 37.1 Å². The SMILES string of the molecule is C[C@@H](NC(=O)N1CCN(c2ccccc2)CC1)c1ccc(F)c(F)c1. The van der Waals surface area contributed by atoms with Gasteiger partial charge in [0.2, 0.25) is 0 Å². The summed E-state index contributed by atoms with van der Waals surface area (Å²) in [5.74, 6) is -1.80. The highest BCUT2D eigenvalue weighted by atomic mass is 19.2. The van der Waals surface area contributed by atoms with Crippen molar-refractivity contribution in [1.29, 1.82) is 0 Å². The molecule has 6 heteroatoms. The van der Waals surface area contributed by atoms with Crippen molar-refractivity contribution in [2.45, 2.75) is 13.0 Å². The first-order valence-electron chi connectivity index (χ1n) is 8.35. The second-order valence-corrected chi connectivity index (χ2v) is 6.15. The Labute approximate surface area is 146 Å². The minimum absolute atomic E-state index is 0.190. The van der Waals surface area contributed by atoms with Crippen LogP contribution in [0.15, 0.2) is 48.5 Å². The van der Waals surface area contributed by atoms with Crippen molar-refractivity contribution in [2.24, 2.45) is 0 Å². The molecule has 0 spiro atoms. The predicted molar refractivity (Wildman–Crippen MR) is 93.5 cm³/mol. The summed E-state index contributed by atoms with van der Waals surface area (Å²) in [7, 11) is 0. The fraction of sp³-hybridized carbons (Fsp3) is 0.316. The van der Waals surface area contributed by atoms with E-state index in [4.69, 9.17) is 0 Å². The molecule has 2 amide bonds. The Hall–Kier alpha value is -2.63. The molecule has 1 N–H and O–H groups in total. The summed E-state index contributed by atoms with van der Waals surface area (Å²) in [5, 5.41) is 2.85. The first-order valence-corrected chi connectivity index (χ1v) is 8.35. The molecular formula is C19H21F2N3O. The average Bonchev–Trinajstić information content (AvgIpc) is 2.64. The van der Waals surface area contributed by atoms with Crippen LogP contribution in [-0.2, 0) is 0 Å². The molecule has 0 bridgehead atoms. The summed E-state index contributed by atoms with van der Waals surface area (Å²) in [6.07, 6.45) is 0. The van der Waals surface area contributed by atoms with Crippen LogP contribution in [0.5, 0.6) is 0 Å². The maximum Gasteiger partial charge on any atom is 0.317 e. The number of carbonyl (C=O) groups excluding carboxylic acids is 1. The van der Waals surface area contributed by atoms with Gasteiger partial charge in [-0.05, 0) is 36.8 Å². The van der Waals surface area contributed by atoms with Crippen LogP contribution < -0.4 is 10.2 Å². The minimum Gasteiger partial charge on any atom is -0.368 e. The Bertz CT molecular complexity index is 731. The van der Waals surface area contributed by atoms with E-state index in [2.05, 4.69) is 22.3 Å². The summed E-state index contributed by atoms with van der Waals surface area (Å²) in [6.45, 7) is 4.51. The zero-order valence-corrected chi connectivity index (χ0v) is 14.1. The van der Waals surface area contributed by atoms with Crippen molar-refractivity contribution < 1.29 is 13.6 Å². The van der Waals surface area contributed by atoms with Gasteiger partial charge in [0.05, 0.1) is 6.04 Å². The lowest BCUT2D eigenvalue weighted by atomic mass is 10.1. The third-order valence-electron chi connectivity index (χ3n) is 4.47. The number of benzene rings is 2. The minimum atomic E-state index is -0.907. The summed E-state index contributed by atoms with van der Waals surface area (Å²) < 4.78 is 26.3. The zero-order valence-electron chi connectivity index (χ0n) is 14.1. The molecule has 25 heavy (non-hydrogen) atoms. The first-order chi connectivity index (χ1) is 12.0. The Morgan fingerprint density at radius 2 is 1.68 bits per heavy atom. The van der Waals surface area contributed by atoms with E-state index in [1.807, 2.05) is 18.2 Å². The van der Waals surface area contributed by atoms with Crippen molar-refractivity contribution in [3.8, 4) is 0 Å². The quantitative estimate of drug-likeness (QED) is 0.923. The summed E-state index contributed by atoms with van der Waals surface area (Å²) in [5.41, 5.74) is 1.69. The molecule has 2 aromatic carbocycles. The molecule has 0 aromatic heterocycles. The molecule has 0 radical (unpaired) electrons. The van der Waals surface area contributed by atoms with Crippen LogP contribution in [0.2, 0.25) is 0 Å². The number of nitrogens with one attached hydrogen (secondary N) is 1. The Morgan fingerprint density at radius 1 is 1.00 bits per heavy atom. The third kappa shape index (κ3) is 4.07. The van der Waals surface area contributed by atoms with Gasteiger partial charge < -0.3 is 15.1 Å². The highest BCUT2D eigenvalue weighted by molar-refractivity contribution is 5.75. The van der Waals surface area contributed by atoms with Crippen molar-refractivity contribution in [3.05, 3.63) is 65.7 Å². The van der Waals surface area contributed by atoms with Gasteiger partial charge in [0.1, 0.15) is 0 Å². The van der Waals surface area contributed by atoms with Gasteiger partial charge in [-0.2, -0.15) is 0 Å².